The van der Waals surface area contributed by atoms with Gasteiger partial charge in [0.15, 0.2) is 0 Å². The quantitative estimate of drug-likeness (QED) is 0.533. The predicted molar refractivity (Wildman–Crippen MR) is 113 cm³/mol. The molecule has 6 nitrogen and oxygen atoms in total. The molecule has 0 aliphatic rings. The normalized spacial score (nSPS) is 10.4. The van der Waals surface area contributed by atoms with E-state index in [9.17, 15) is 4.79 Å². The van der Waals surface area contributed by atoms with Gasteiger partial charge in [0.25, 0.3) is 11.8 Å². The lowest BCUT2D eigenvalue weighted by atomic mass is 10.1. The van der Waals surface area contributed by atoms with Gasteiger partial charge in [-0.2, -0.15) is 4.98 Å². The summed E-state index contributed by atoms with van der Waals surface area (Å²) in [6.07, 6.45) is 1.06. The fourth-order valence-electron chi connectivity index (χ4n) is 2.61. The van der Waals surface area contributed by atoms with Crippen molar-refractivity contribution in [3.63, 3.8) is 0 Å². The molecule has 0 saturated heterocycles. The fraction of sp³-hybridized carbons (Fsp3) is 0.250. The van der Waals surface area contributed by atoms with E-state index < -0.39 is 0 Å². The third-order valence-corrected chi connectivity index (χ3v) is 4.16. The third kappa shape index (κ3) is 5.55. The van der Waals surface area contributed by atoms with Crippen molar-refractivity contribution in [3.05, 3.63) is 59.1 Å². The molecule has 0 saturated carbocycles. The second kappa shape index (κ2) is 10.8. The lowest BCUT2D eigenvalue weighted by molar-refractivity contribution is 0.0954. The average molecular weight is 421 g/mol. The molecule has 1 heterocycles. The van der Waals surface area contributed by atoms with E-state index in [-0.39, 0.29) is 18.3 Å². The molecule has 28 heavy (non-hydrogen) atoms. The van der Waals surface area contributed by atoms with Crippen LogP contribution in [0.2, 0.25) is 5.02 Å². The van der Waals surface area contributed by atoms with E-state index in [0.29, 0.717) is 34.4 Å². The van der Waals surface area contributed by atoms with E-state index >= 15 is 0 Å². The minimum Gasteiger partial charge on any atom is -0.351 e. The molecule has 1 amide bonds. The maximum Gasteiger partial charge on any atom is 0.259 e. The summed E-state index contributed by atoms with van der Waals surface area (Å²) in [5.74, 6) is 0.540. The van der Waals surface area contributed by atoms with Crippen molar-refractivity contribution in [3.8, 4) is 22.8 Å². The zero-order valence-electron chi connectivity index (χ0n) is 15.4. The van der Waals surface area contributed by atoms with Gasteiger partial charge in [-0.05, 0) is 37.2 Å². The molecule has 2 aromatic carbocycles. The summed E-state index contributed by atoms with van der Waals surface area (Å²) in [5.41, 5.74) is 1.84. The average Bonchev–Trinajstić information content (AvgIpc) is 3.18. The summed E-state index contributed by atoms with van der Waals surface area (Å²) < 4.78 is 5.40. The van der Waals surface area contributed by atoms with Crippen LogP contribution in [0.3, 0.4) is 0 Å². The molecule has 0 aliphatic heterocycles. The van der Waals surface area contributed by atoms with Gasteiger partial charge in [0.1, 0.15) is 0 Å². The topological polar surface area (TPSA) is 80.0 Å². The Hall–Kier alpha value is -2.41. The summed E-state index contributed by atoms with van der Waals surface area (Å²) in [6.45, 7) is 4.30. The lowest BCUT2D eigenvalue weighted by Crippen LogP contribution is -2.32. The van der Waals surface area contributed by atoms with Crippen LogP contribution in [-0.2, 0) is 0 Å². The van der Waals surface area contributed by atoms with Gasteiger partial charge in [0, 0.05) is 23.7 Å². The van der Waals surface area contributed by atoms with E-state index in [0.717, 1.165) is 25.1 Å². The zero-order valence-corrected chi connectivity index (χ0v) is 17.0. The van der Waals surface area contributed by atoms with Gasteiger partial charge in [-0.1, -0.05) is 47.9 Å². The van der Waals surface area contributed by atoms with Crippen LogP contribution in [0.4, 0.5) is 0 Å². The standard InChI is InChI=1S/C20H21ClN4O2.ClH/c1-2-10-22-11-12-23-19(26)16-8-3-4-9-17(16)20-24-18(25-27-20)14-6-5-7-15(21)13-14;/h3-9,13,22H,2,10-12H2,1H3,(H,23,26);1H. The largest absolute Gasteiger partial charge is 0.351 e. The molecule has 0 radical (unpaired) electrons. The number of nitrogens with one attached hydrogen (secondary N) is 2. The van der Waals surface area contributed by atoms with Crippen LogP contribution in [0.25, 0.3) is 22.8 Å². The van der Waals surface area contributed by atoms with E-state index in [2.05, 4.69) is 27.7 Å². The first-order chi connectivity index (χ1) is 13.2. The van der Waals surface area contributed by atoms with Crippen LogP contribution in [-0.4, -0.2) is 35.7 Å². The van der Waals surface area contributed by atoms with Crippen LogP contribution < -0.4 is 10.6 Å². The van der Waals surface area contributed by atoms with E-state index in [1.54, 1.807) is 24.3 Å². The molecule has 2 N–H and O–H groups in total. The predicted octanol–water partition coefficient (Wildman–Crippen LogP) is 4.21. The molecular formula is C20H22Cl2N4O2. The number of hydrogen-bond acceptors (Lipinski definition) is 5. The second-order valence-corrected chi connectivity index (χ2v) is 6.42. The summed E-state index contributed by atoms with van der Waals surface area (Å²) >= 11 is 6.02. The van der Waals surface area contributed by atoms with Gasteiger partial charge < -0.3 is 15.2 Å². The Balaban J connectivity index is 0.00000280. The number of carbonyl (C=O) groups excluding carboxylic acids is 1. The molecule has 0 atom stereocenters. The number of benzene rings is 2. The van der Waals surface area contributed by atoms with Crippen LogP contribution in [0.5, 0.6) is 0 Å². The number of carbonyl (C=O) groups is 1. The minimum absolute atomic E-state index is 0. The van der Waals surface area contributed by atoms with Crippen LogP contribution in [0, 0.1) is 0 Å². The van der Waals surface area contributed by atoms with E-state index in [4.69, 9.17) is 16.1 Å². The fourth-order valence-corrected chi connectivity index (χ4v) is 2.80. The van der Waals surface area contributed by atoms with Crippen molar-refractivity contribution < 1.29 is 9.32 Å². The van der Waals surface area contributed by atoms with Gasteiger partial charge in [-0.15, -0.1) is 12.4 Å². The van der Waals surface area contributed by atoms with Crippen LogP contribution >= 0.6 is 24.0 Å². The van der Waals surface area contributed by atoms with Gasteiger partial charge in [-0.25, -0.2) is 0 Å². The second-order valence-electron chi connectivity index (χ2n) is 5.98. The number of hydrogen-bond donors (Lipinski definition) is 2. The molecule has 0 unspecified atom stereocenters. The highest BCUT2D eigenvalue weighted by Gasteiger charge is 2.17. The lowest BCUT2D eigenvalue weighted by Gasteiger charge is -2.08. The van der Waals surface area contributed by atoms with Crippen LogP contribution in [0.15, 0.2) is 53.1 Å². The Kier molecular flexibility index (Phi) is 8.44. The van der Waals surface area contributed by atoms with Gasteiger partial charge >= 0.3 is 0 Å². The highest BCUT2D eigenvalue weighted by molar-refractivity contribution is 6.30. The molecule has 0 bridgehead atoms. The first-order valence-electron chi connectivity index (χ1n) is 8.87. The van der Waals surface area contributed by atoms with Crippen molar-refractivity contribution in [2.24, 2.45) is 0 Å². The molecule has 8 heteroatoms. The maximum atomic E-state index is 12.5. The molecule has 3 rings (SSSR count). The van der Waals surface area contributed by atoms with Crippen molar-refractivity contribution in [2.45, 2.75) is 13.3 Å². The summed E-state index contributed by atoms with van der Waals surface area (Å²) in [6, 6.07) is 14.4. The Labute approximate surface area is 175 Å². The van der Waals surface area contributed by atoms with Crippen molar-refractivity contribution >= 4 is 29.9 Å². The summed E-state index contributed by atoms with van der Waals surface area (Å²) in [4.78, 5) is 17.0. The van der Waals surface area contributed by atoms with Crippen molar-refractivity contribution in [1.82, 2.24) is 20.8 Å². The highest BCUT2D eigenvalue weighted by Crippen LogP contribution is 2.26. The number of rotatable bonds is 8. The highest BCUT2D eigenvalue weighted by atomic mass is 35.5. The van der Waals surface area contributed by atoms with E-state index in [1.807, 2.05) is 24.3 Å². The molecule has 1 aromatic heterocycles. The molecule has 3 aromatic rings. The maximum absolute atomic E-state index is 12.5. The minimum atomic E-state index is -0.175. The SMILES string of the molecule is CCCNCCNC(=O)c1ccccc1-c1nc(-c2cccc(Cl)c2)no1.Cl. The van der Waals surface area contributed by atoms with Crippen LogP contribution in [0.1, 0.15) is 23.7 Å². The summed E-state index contributed by atoms with van der Waals surface area (Å²) in [7, 11) is 0. The summed E-state index contributed by atoms with van der Waals surface area (Å²) in [5, 5.41) is 10.8. The molecule has 0 aliphatic carbocycles. The monoisotopic (exact) mass is 420 g/mol. The molecule has 0 fully saturated rings. The number of halogens is 2. The first-order valence-corrected chi connectivity index (χ1v) is 9.25. The Morgan fingerprint density at radius 1 is 1.11 bits per heavy atom. The van der Waals surface area contributed by atoms with Crippen molar-refractivity contribution in [1.29, 1.82) is 0 Å². The molecule has 0 spiro atoms. The Morgan fingerprint density at radius 2 is 1.93 bits per heavy atom. The Bertz CT molecular complexity index is 914. The third-order valence-electron chi connectivity index (χ3n) is 3.93. The number of aromatic nitrogens is 2. The zero-order chi connectivity index (χ0) is 19.1. The first kappa shape index (κ1) is 21.9. The van der Waals surface area contributed by atoms with E-state index in [1.165, 1.54) is 0 Å². The van der Waals surface area contributed by atoms with Gasteiger partial charge in [0.2, 0.25) is 5.82 Å². The smallest absolute Gasteiger partial charge is 0.259 e. The van der Waals surface area contributed by atoms with Gasteiger partial charge in [0.05, 0.1) is 11.1 Å². The molecular weight excluding hydrogens is 399 g/mol. The number of nitrogens with zero attached hydrogens (tertiary/aromatic N) is 2. The van der Waals surface area contributed by atoms with Crippen molar-refractivity contribution in [2.75, 3.05) is 19.6 Å². The molecule has 148 valence electrons. The van der Waals surface area contributed by atoms with Gasteiger partial charge in [-0.3, -0.25) is 4.79 Å². The Morgan fingerprint density at radius 3 is 2.71 bits per heavy atom. The number of amides is 1.